The summed E-state index contributed by atoms with van der Waals surface area (Å²) in [6, 6.07) is 24.6. The molecule has 0 saturated heterocycles. The molecule has 0 fully saturated rings. The highest BCUT2D eigenvalue weighted by Crippen LogP contribution is 2.26. The lowest BCUT2D eigenvalue weighted by Gasteiger charge is -2.17. The van der Waals surface area contributed by atoms with Crippen LogP contribution in [-0.2, 0) is 9.53 Å². The van der Waals surface area contributed by atoms with Gasteiger partial charge in [0.25, 0.3) is 0 Å². The van der Waals surface area contributed by atoms with Gasteiger partial charge in [-0.2, -0.15) is 0 Å². The van der Waals surface area contributed by atoms with Crippen molar-refractivity contribution in [1.29, 1.82) is 0 Å². The highest BCUT2D eigenvalue weighted by atomic mass is 16.5. The van der Waals surface area contributed by atoms with Gasteiger partial charge in [-0.25, -0.2) is 0 Å². The SMILES string of the molecule is Cc1ccc(C)c(C(=O)COC(=O)C(c2ccccc2)c2ccccc2)c1. The van der Waals surface area contributed by atoms with Gasteiger partial charge in [-0.05, 0) is 36.6 Å². The van der Waals surface area contributed by atoms with Gasteiger partial charge in [-0.1, -0.05) is 78.4 Å². The zero-order valence-corrected chi connectivity index (χ0v) is 15.5. The lowest BCUT2D eigenvalue weighted by Crippen LogP contribution is -2.21. The molecule has 0 aliphatic carbocycles. The molecule has 0 aromatic heterocycles. The summed E-state index contributed by atoms with van der Waals surface area (Å²) < 4.78 is 5.44. The molecule has 0 N–H and O–H groups in total. The van der Waals surface area contributed by atoms with E-state index in [9.17, 15) is 9.59 Å². The van der Waals surface area contributed by atoms with Crippen LogP contribution in [0.15, 0.2) is 78.9 Å². The molecule has 0 atom stereocenters. The Morgan fingerprint density at radius 2 is 1.37 bits per heavy atom. The molecule has 3 rings (SSSR count). The number of carbonyl (C=O) groups is 2. The van der Waals surface area contributed by atoms with Crippen molar-refractivity contribution >= 4 is 11.8 Å². The Bertz CT molecular complexity index is 891. The van der Waals surface area contributed by atoms with E-state index in [-0.39, 0.29) is 12.4 Å². The zero-order chi connectivity index (χ0) is 19.2. The fraction of sp³-hybridized carbons (Fsp3) is 0.167. The van der Waals surface area contributed by atoms with E-state index in [0.717, 1.165) is 22.3 Å². The summed E-state index contributed by atoms with van der Waals surface area (Å²) in [4.78, 5) is 25.4. The monoisotopic (exact) mass is 358 g/mol. The standard InChI is InChI=1S/C24H22O3/c1-17-13-14-18(2)21(15-17)22(25)16-27-24(26)23(19-9-5-3-6-10-19)20-11-7-4-8-12-20/h3-15,23H,16H2,1-2H3. The zero-order valence-electron chi connectivity index (χ0n) is 15.5. The lowest BCUT2D eigenvalue weighted by atomic mass is 9.91. The van der Waals surface area contributed by atoms with Gasteiger partial charge in [0.05, 0.1) is 0 Å². The summed E-state index contributed by atoms with van der Waals surface area (Å²) in [5, 5.41) is 0. The van der Waals surface area contributed by atoms with Crippen LogP contribution in [0.5, 0.6) is 0 Å². The van der Waals surface area contributed by atoms with E-state index in [4.69, 9.17) is 4.74 Å². The summed E-state index contributed by atoms with van der Waals surface area (Å²) in [5.74, 6) is -1.17. The van der Waals surface area contributed by atoms with Gasteiger partial charge >= 0.3 is 5.97 Å². The van der Waals surface area contributed by atoms with Crippen LogP contribution >= 0.6 is 0 Å². The van der Waals surface area contributed by atoms with Crippen LogP contribution < -0.4 is 0 Å². The first-order valence-corrected chi connectivity index (χ1v) is 8.93. The number of benzene rings is 3. The summed E-state index contributed by atoms with van der Waals surface area (Å²) in [6.07, 6.45) is 0. The summed E-state index contributed by atoms with van der Waals surface area (Å²) >= 11 is 0. The molecule has 0 saturated carbocycles. The van der Waals surface area contributed by atoms with Crippen LogP contribution in [0, 0.1) is 13.8 Å². The maximum Gasteiger partial charge on any atom is 0.318 e. The highest BCUT2D eigenvalue weighted by Gasteiger charge is 2.25. The van der Waals surface area contributed by atoms with Crippen LogP contribution in [0.4, 0.5) is 0 Å². The number of Topliss-reactive ketones (excluding diaryl/α,β-unsaturated/α-hetero) is 1. The second kappa shape index (κ2) is 8.45. The number of ether oxygens (including phenoxy) is 1. The molecule has 0 bridgehead atoms. The minimum absolute atomic E-state index is 0.190. The van der Waals surface area contributed by atoms with Gasteiger partial charge in [-0.3, -0.25) is 9.59 Å². The predicted octanol–water partition coefficient (Wildman–Crippen LogP) is 4.86. The summed E-state index contributed by atoms with van der Waals surface area (Å²) in [7, 11) is 0. The van der Waals surface area contributed by atoms with Crippen molar-refractivity contribution in [2.45, 2.75) is 19.8 Å². The fourth-order valence-corrected chi connectivity index (χ4v) is 3.09. The van der Waals surface area contributed by atoms with Gasteiger partial charge in [-0.15, -0.1) is 0 Å². The number of hydrogen-bond donors (Lipinski definition) is 0. The van der Waals surface area contributed by atoms with Crippen molar-refractivity contribution < 1.29 is 14.3 Å². The Hall–Kier alpha value is -3.20. The Kier molecular flexibility index (Phi) is 5.82. The first-order chi connectivity index (χ1) is 13.1. The first-order valence-electron chi connectivity index (χ1n) is 8.93. The smallest absolute Gasteiger partial charge is 0.318 e. The normalized spacial score (nSPS) is 10.6. The molecular weight excluding hydrogens is 336 g/mol. The fourth-order valence-electron chi connectivity index (χ4n) is 3.09. The van der Waals surface area contributed by atoms with E-state index < -0.39 is 11.9 Å². The minimum atomic E-state index is -0.557. The van der Waals surface area contributed by atoms with Crippen molar-refractivity contribution in [3.05, 3.63) is 107 Å². The van der Waals surface area contributed by atoms with E-state index in [1.807, 2.05) is 92.7 Å². The Morgan fingerprint density at radius 1 is 0.815 bits per heavy atom. The number of hydrogen-bond acceptors (Lipinski definition) is 3. The van der Waals surface area contributed by atoms with Crippen molar-refractivity contribution in [2.24, 2.45) is 0 Å². The van der Waals surface area contributed by atoms with E-state index in [0.29, 0.717) is 5.56 Å². The molecule has 0 aliphatic heterocycles. The second-order valence-electron chi connectivity index (χ2n) is 6.60. The maximum atomic E-state index is 12.9. The topological polar surface area (TPSA) is 43.4 Å². The molecule has 0 aliphatic rings. The molecule has 0 spiro atoms. The van der Waals surface area contributed by atoms with Crippen LogP contribution in [0.1, 0.15) is 38.5 Å². The maximum absolute atomic E-state index is 12.9. The number of esters is 1. The Morgan fingerprint density at radius 3 is 1.93 bits per heavy atom. The quantitative estimate of drug-likeness (QED) is 0.467. The second-order valence-corrected chi connectivity index (χ2v) is 6.60. The van der Waals surface area contributed by atoms with Crippen molar-refractivity contribution in [1.82, 2.24) is 0 Å². The molecule has 0 heterocycles. The van der Waals surface area contributed by atoms with Gasteiger partial charge in [0.2, 0.25) is 5.78 Å². The number of aryl methyl sites for hydroxylation is 2. The third-order valence-electron chi connectivity index (χ3n) is 4.54. The average Bonchev–Trinajstić information content (AvgIpc) is 2.70. The van der Waals surface area contributed by atoms with Gasteiger partial charge in [0, 0.05) is 5.56 Å². The minimum Gasteiger partial charge on any atom is -0.457 e. The third-order valence-corrected chi connectivity index (χ3v) is 4.54. The van der Waals surface area contributed by atoms with Crippen molar-refractivity contribution in [2.75, 3.05) is 6.61 Å². The molecule has 0 radical (unpaired) electrons. The molecule has 0 unspecified atom stereocenters. The van der Waals surface area contributed by atoms with Crippen LogP contribution in [0.25, 0.3) is 0 Å². The molecular formula is C24H22O3. The molecule has 136 valence electrons. The molecule has 3 aromatic rings. The summed E-state index contributed by atoms with van der Waals surface area (Å²) in [6.45, 7) is 3.55. The van der Waals surface area contributed by atoms with Crippen LogP contribution in [0.2, 0.25) is 0 Å². The number of carbonyl (C=O) groups excluding carboxylic acids is 2. The molecule has 3 nitrogen and oxygen atoms in total. The molecule has 27 heavy (non-hydrogen) atoms. The van der Waals surface area contributed by atoms with Crippen LogP contribution in [0.3, 0.4) is 0 Å². The van der Waals surface area contributed by atoms with E-state index in [1.54, 1.807) is 0 Å². The first kappa shape index (κ1) is 18.6. The molecule has 0 amide bonds. The number of ketones is 1. The van der Waals surface area contributed by atoms with Gasteiger partial charge in [0.1, 0.15) is 5.92 Å². The summed E-state index contributed by atoms with van der Waals surface area (Å²) in [5.41, 5.74) is 4.16. The lowest BCUT2D eigenvalue weighted by molar-refractivity contribution is -0.143. The Balaban J connectivity index is 1.79. The van der Waals surface area contributed by atoms with E-state index in [2.05, 4.69) is 0 Å². The van der Waals surface area contributed by atoms with Gasteiger partial charge < -0.3 is 4.74 Å². The van der Waals surface area contributed by atoms with E-state index in [1.165, 1.54) is 0 Å². The molecule has 3 heteroatoms. The Labute approximate surface area is 159 Å². The van der Waals surface area contributed by atoms with Gasteiger partial charge in [0.15, 0.2) is 6.61 Å². The molecule has 3 aromatic carbocycles. The average molecular weight is 358 g/mol. The predicted molar refractivity (Wildman–Crippen MR) is 106 cm³/mol. The van der Waals surface area contributed by atoms with Crippen LogP contribution in [-0.4, -0.2) is 18.4 Å². The third kappa shape index (κ3) is 4.50. The van der Waals surface area contributed by atoms with E-state index >= 15 is 0 Å². The van der Waals surface area contributed by atoms with Crippen molar-refractivity contribution in [3.8, 4) is 0 Å². The number of rotatable bonds is 6. The highest BCUT2D eigenvalue weighted by molar-refractivity contribution is 5.99. The largest absolute Gasteiger partial charge is 0.457 e. The van der Waals surface area contributed by atoms with Crippen molar-refractivity contribution in [3.63, 3.8) is 0 Å².